The fourth-order valence-corrected chi connectivity index (χ4v) is 4.69. The first-order chi connectivity index (χ1) is 20.1. The summed E-state index contributed by atoms with van der Waals surface area (Å²) in [6.07, 6.45) is 3.58. The van der Waals surface area contributed by atoms with Crippen molar-refractivity contribution >= 4 is 23.6 Å². The Morgan fingerprint density at radius 2 is 1.74 bits per heavy atom. The number of benzene rings is 2. The predicted octanol–water partition coefficient (Wildman–Crippen LogP) is 3.18. The Hall–Kier alpha value is -4.08. The molecule has 0 aromatic heterocycles. The predicted molar refractivity (Wildman–Crippen MR) is 160 cm³/mol. The summed E-state index contributed by atoms with van der Waals surface area (Å²) < 4.78 is 5.93. The van der Waals surface area contributed by atoms with Crippen molar-refractivity contribution in [3.05, 3.63) is 59.7 Å². The maximum atomic E-state index is 13.4. The van der Waals surface area contributed by atoms with Crippen molar-refractivity contribution in [3.8, 4) is 11.5 Å². The summed E-state index contributed by atoms with van der Waals surface area (Å²) in [5.41, 5.74) is 1.11. The van der Waals surface area contributed by atoms with Crippen molar-refractivity contribution in [1.82, 2.24) is 20.9 Å². The number of para-hydroxylation sites is 1. The maximum Gasteiger partial charge on any atom is 0.255 e. The van der Waals surface area contributed by atoms with Gasteiger partial charge in [-0.15, -0.1) is 0 Å². The van der Waals surface area contributed by atoms with Gasteiger partial charge in [0.05, 0.1) is 12.2 Å². The number of ether oxygens (including phenoxy) is 1. The zero-order chi connectivity index (χ0) is 30.5. The van der Waals surface area contributed by atoms with E-state index in [1.54, 1.807) is 60.5 Å². The van der Waals surface area contributed by atoms with Crippen LogP contribution in [0.4, 0.5) is 0 Å². The quantitative estimate of drug-likeness (QED) is 0.429. The van der Waals surface area contributed by atoms with Crippen molar-refractivity contribution in [2.24, 2.45) is 5.92 Å². The lowest BCUT2D eigenvalue weighted by Gasteiger charge is -2.25. The molecular formula is C32H44N4O6. The number of carbonyl (C=O) groups is 4. The topological polar surface area (TPSA) is 137 Å². The summed E-state index contributed by atoms with van der Waals surface area (Å²) in [7, 11) is 1.73. The minimum atomic E-state index is -0.967. The molecule has 1 heterocycles. The van der Waals surface area contributed by atoms with Crippen LogP contribution in [0.2, 0.25) is 0 Å². The molecule has 0 radical (unpaired) electrons. The molecule has 10 heteroatoms. The molecule has 0 saturated carbocycles. The number of nitrogens with zero attached hydrogens (tertiary/aromatic N) is 1. The molecule has 4 N–H and O–H groups in total. The fourth-order valence-electron chi connectivity index (χ4n) is 4.69. The van der Waals surface area contributed by atoms with Crippen LogP contribution >= 0.6 is 0 Å². The third-order valence-corrected chi connectivity index (χ3v) is 7.13. The number of carbonyl (C=O) groups excluding carboxylic acids is 4. The van der Waals surface area contributed by atoms with Gasteiger partial charge in [0.1, 0.15) is 23.6 Å². The van der Waals surface area contributed by atoms with E-state index >= 15 is 0 Å². The highest BCUT2D eigenvalue weighted by molar-refractivity contribution is 5.99. The third-order valence-electron chi connectivity index (χ3n) is 7.13. The van der Waals surface area contributed by atoms with Gasteiger partial charge in [-0.2, -0.15) is 0 Å². The molecule has 0 spiro atoms. The Morgan fingerprint density at radius 1 is 1.02 bits per heavy atom. The van der Waals surface area contributed by atoms with Gasteiger partial charge >= 0.3 is 0 Å². The van der Waals surface area contributed by atoms with E-state index in [2.05, 4.69) is 16.0 Å². The Balaban J connectivity index is 1.83. The van der Waals surface area contributed by atoms with Gasteiger partial charge < -0.3 is 30.7 Å². The van der Waals surface area contributed by atoms with Crippen molar-refractivity contribution in [3.63, 3.8) is 0 Å². The molecule has 0 unspecified atom stereocenters. The summed E-state index contributed by atoms with van der Waals surface area (Å²) in [6.45, 7) is 5.33. The van der Waals surface area contributed by atoms with E-state index in [1.165, 1.54) is 0 Å². The van der Waals surface area contributed by atoms with Gasteiger partial charge in [-0.25, -0.2) is 0 Å². The van der Waals surface area contributed by atoms with Gasteiger partial charge in [0.25, 0.3) is 5.91 Å². The zero-order valence-electron chi connectivity index (χ0n) is 24.9. The molecule has 0 bridgehead atoms. The number of hydrogen-bond donors (Lipinski definition) is 4. The molecule has 0 aliphatic carbocycles. The first-order valence-corrected chi connectivity index (χ1v) is 14.8. The van der Waals surface area contributed by atoms with E-state index in [0.29, 0.717) is 31.0 Å². The first kappa shape index (κ1) is 32.4. The van der Waals surface area contributed by atoms with E-state index in [9.17, 15) is 24.3 Å². The van der Waals surface area contributed by atoms with Crippen LogP contribution in [0.25, 0.3) is 0 Å². The second-order valence-electron chi connectivity index (χ2n) is 11.2. The second kappa shape index (κ2) is 16.4. The van der Waals surface area contributed by atoms with Gasteiger partial charge in [-0.3, -0.25) is 19.2 Å². The Morgan fingerprint density at radius 3 is 2.48 bits per heavy atom. The highest BCUT2D eigenvalue weighted by Crippen LogP contribution is 2.19. The first-order valence-electron chi connectivity index (χ1n) is 14.8. The van der Waals surface area contributed by atoms with Crippen LogP contribution in [0.15, 0.2) is 48.5 Å². The number of phenolic OH excluding ortho intramolecular Hbond substituents is 1. The Kier molecular flexibility index (Phi) is 12.7. The van der Waals surface area contributed by atoms with Crippen LogP contribution < -0.4 is 20.7 Å². The number of amides is 4. The average Bonchev–Trinajstić information content (AvgIpc) is 2.97. The average molecular weight is 581 g/mol. The summed E-state index contributed by atoms with van der Waals surface area (Å²) in [5, 5.41) is 18.1. The molecule has 0 fully saturated rings. The van der Waals surface area contributed by atoms with E-state index in [0.717, 1.165) is 31.2 Å². The number of fused-ring (bicyclic) bond motifs is 1. The second-order valence-corrected chi connectivity index (χ2v) is 11.2. The minimum absolute atomic E-state index is 0.0421. The molecule has 10 nitrogen and oxygen atoms in total. The minimum Gasteiger partial charge on any atom is -0.508 e. The van der Waals surface area contributed by atoms with Gasteiger partial charge in [0.2, 0.25) is 17.7 Å². The van der Waals surface area contributed by atoms with E-state index in [-0.39, 0.29) is 42.7 Å². The lowest BCUT2D eigenvalue weighted by Crippen LogP contribution is -2.50. The normalized spacial score (nSPS) is 19.8. The molecular weight excluding hydrogens is 536 g/mol. The van der Waals surface area contributed by atoms with Gasteiger partial charge in [0.15, 0.2) is 0 Å². The van der Waals surface area contributed by atoms with Crippen LogP contribution in [-0.4, -0.2) is 72.5 Å². The summed E-state index contributed by atoms with van der Waals surface area (Å²) in [5.74, 6) is -0.709. The van der Waals surface area contributed by atoms with E-state index in [4.69, 9.17) is 4.74 Å². The van der Waals surface area contributed by atoms with Crippen molar-refractivity contribution in [1.29, 1.82) is 0 Å². The molecule has 3 rings (SSSR count). The van der Waals surface area contributed by atoms with E-state index in [1.807, 2.05) is 13.8 Å². The Bertz CT molecular complexity index is 1200. The van der Waals surface area contributed by atoms with Crippen molar-refractivity contribution in [2.45, 2.75) is 70.9 Å². The maximum absolute atomic E-state index is 13.4. The van der Waals surface area contributed by atoms with Crippen molar-refractivity contribution in [2.75, 3.05) is 26.7 Å². The highest BCUT2D eigenvalue weighted by Gasteiger charge is 2.27. The molecule has 1 aliphatic heterocycles. The number of likely N-dealkylation sites (N-methyl/N-ethyl adjacent to an activating group) is 1. The summed E-state index contributed by atoms with van der Waals surface area (Å²) >= 11 is 0. The molecule has 4 amide bonds. The number of nitrogens with one attached hydrogen (secondary N) is 3. The van der Waals surface area contributed by atoms with Crippen LogP contribution in [0.3, 0.4) is 0 Å². The SMILES string of the molecule is CC(C)CNC(=O)[C@@H]1CCC(=O)N[C@@H](Cc2ccc(O)cc2)C(=O)N(C)CCCCCCOc2ccccc2C(=O)N1. The summed E-state index contributed by atoms with van der Waals surface area (Å²) in [6, 6.07) is 11.6. The van der Waals surface area contributed by atoms with Gasteiger partial charge in [0, 0.05) is 33.0 Å². The number of rotatable bonds is 5. The standard InChI is InChI=1S/C32H44N4O6/c1-22(2)21-33-31(40)26-16-17-29(38)34-27(20-23-12-14-24(37)15-13-23)32(41)36(3)18-8-4-5-9-19-42-28-11-7-6-10-25(28)30(39)35-26/h6-7,10-15,22,26-27,37H,4-5,8-9,16-21H2,1-3H3,(H,33,40)(H,34,38)(H,35,39)/t26-,27-/m0/s1. The monoisotopic (exact) mass is 580 g/mol. The van der Waals surface area contributed by atoms with Crippen molar-refractivity contribution < 1.29 is 29.0 Å². The smallest absolute Gasteiger partial charge is 0.255 e. The lowest BCUT2D eigenvalue weighted by molar-refractivity contribution is -0.135. The molecule has 1 aliphatic rings. The largest absolute Gasteiger partial charge is 0.508 e. The molecule has 2 atom stereocenters. The Labute approximate surface area is 248 Å². The number of hydrogen-bond acceptors (Lipinski definition) is 6. The lowest BCUT2D eigenvalue weighted by atomic mass is 10.0. The number of phenols is 1. The molecule has 2 aromatic rings. The van der Waals surface area contributed by atoms with Gasteiger partial charge in [-0.05, 0) is 55.0 Å². The van der Waals surface area contributed by atoms with Gasteiger partial charge in [-0.1, -0.05) is 51.0 Å². The molecule has 228 valence electrons. The molecule has 42 heavy (non-hydrogen) atoms. The van der Waals surface area contributed by atoms with Crippen LogP contribution in [0.1, 0.15) is 68.3 Å². The van der Waals surface area contributed by atoms with Crippen LogP contribution in [-0.2, 0) is 20.8 Å². The summed E-state index contributed by atoms with van der Waals surface area (Å²) in [4.78, 5) is 54.6. The van der Waals surface area contributed by atoms with Crippen LogP contribution in [0, 0.1) is 5.92 Å². The van der Waals surface area contributed by atoms with E-state index < -0.39 is 23.9 Å². The molecule has 2 aromatic carbocycles. The highest BCUT2D eigenvalue weighted by atomic mass is 16.5. The zero-order valence-corrected chi connectivity index (χ0v) is 24.9. The number of aromatic hydroxyl groups is 1. The van der Waals surface area contributed by atoms with Crippen LogP contribution in [0.5, 0.6) is 11.5 Å². The molecule has 0 saturated heterocycles. The fraction of sp³-hybridized carbons (Fsp3) is 0.500. The third kappa shape index (κ3) is 10.4.